The van der Waals surface area contributed by atoms with Gasteiger partial charge >= 0.3 is 0 Å². The van der Waals surface area contributed by atoms with Gasteiger partial charge in [0.2, 0.25) is 0 Å². The van der Waals surface area contributed by atoms with E-state index in [0.717, 1.165) is 0 Å². The highest BCUT2D eigenvalue weighted by atomic mass is 15.3. The molecule has 2 heteroatoms. The Kier molecular flexibility index (Phi) is 4.88. The van der Waals surface area contributed by atoms with Crippen molar-refractivity contribution in [3.8, 4) is 0 Å². The molecule has 1 heterocycles. The summed E-state index contributed by atoms with van der Waals surface area (Å²) in [5.41, 5.74) is 0.806. The molecule has 2 unspecified atom stereocenters. The van der Waals surface area contributed by atoms with Gasteiger partial charge in [-0.25, -0.2) is 0 Å². The van der Waals surface area contributed by atoms with Gasteiger partial charge in [-0.2, -0.15) is 0 Å². The first-order chi connectivity index (χ1) is 7.98. The molecule has 0 aromatic rings. The summed E-state index contributed by atoms with van der Waals surface area (Å²) < 4.78 is 0. The minimum Gasteiger partial charge on any atom is -0.297 e. The summed E-state index contributed by atoms with van der Waals surface area (Å²) >= 11 is 0. The van der Waals surface area contributed by atoms with Gasteiger partial charge in [-0.15, -0.1) is 0 Å². The highest BCUT2D eigenvalue weighted by Gasteiger charge is 2.32. The SMILES string of the molecule is CC1CN(CC(C)(C)C)C(C)CN1CC(C)(C)C. The van der Waals surface area contributed by atoms with Crippen molar-refractivity contribution in [1.29, 1.82) is 0 Å². The molecule has 1 fully saturated rings. The summed E-state index contributed by atoms with van der Waals surface area (Å²) in [6.07, 6.45) is 0. The summed E-state index contributed by atoms with van der Waals surface area (Å²) in [5, 5.41) is 0. The van der Waals surface area contributed by atoms with Gasteiger partial charge in [0.15, 0.2) is 0 Å². The standard InChI is InChI=1S/C16H34N2/c1-13-9-18(12-16(6,7)8)14(2)10-17(13)11-15(3,4)5/h13-14H,9-12H2,1-8H3. The Balaban J connectivity index is 2.59. The third-order valence-electron chi connectivity index (χ3n) is 3.60. The maximum atomic E-state index is 2.67. The van der Waals surface area contributed by atoms with Crippen LogP contribution in [0.5, 0.6) is 0 Å². The van der Waals surface area contributed by atoms with E-state index in [0.29, 0.717) is 22.9 Å². The van der Waals surface area contributed by atoms with E-state index < -0.39 is 0 Å². The molecular formula is C16H34N2. The van der Waals surface area contributed by atoms with Crippen molar-refractivity contribution < 1.29 is 0 Å². The van der Waals surface area contributed by atoms with Crippen LogP contribution < -0.4 is 0 Å². The minimum absolute atomic E-state index is 0.403. The van der Waals surface area contributed by atoms with Crippen molar-refractivity contribution in [3.63, 3.8) is 0 Å². The van der Waals surface area contributed by atoms with Gasteiger partial charge in [-0.1, -0.05) is 41.5 Å². The van der Waals surface area contributed by atoms with Gasteiger partial charge in [-0.3, -0.25) is 9.80 Å². The first-order valence-electron chi connectivity index (χ1n) is 7.46. The lowest BCUT2D eigenvalue weighted by Gasteiger charge is -2.47. The van der Waals surface area contributed by atoms with Crippen molar-refractivity contribution >= 4 is 0 Å². The lowest BCUT2D eigenvalue weighted by atomic mass is 9.92. The number of hydrogen-bond acceptors (Lipinski definition) is 2. The van der Waals surface area contributed by atoms with E-state index in [4.69, 9.17) is 0 Å². The fraction of sp³-hybridized carbons (Fsp3) is 1.00. The van der Waals surface area contributed by atoms with E-state index in [2.05, 4.69) is 65.2 Å². The third-order valence-corrected chi connectivity index (χ3v) is 3.60. The van der Waals surface area contributed by atoms with Crippen LogP contribution in [-0.4, -0.2) is 48.1 Å². The summed E-state index contributed by atoms with van der Waals surface area (Å²) in [6, 6.07) is 1.37. The summed E-state index contributed by atoms with van der Waals surface area (Å²) in [5.74, 6) is 0. The van der Waals surface area contributed by atoms with E-state index in [1.807, 2.05) is 0 Å². The van der Waals surface area contributed by atoms with Crippen LogP contribution in [0.25, 0.3) is 0 Å². The quantitative estimate of drug-likeness (QED) is 0.744. The van der Waals surface area contributed by atoms with Crippen molar-refractivity contribution in [2.24, 2.45) is 10.8 Å². The molecule has 0 bridgehead atoms. The number of hydrogen-bond donors (Lipinski definition) is 0. The Morgan fingerprint density at radius 1 is 0.722 bits per heavy atom. The molecule has 1 aliphatic heterocycles. The van der Waals surface area contributed by atoms with E-state index in [-0.39, 0.29) is 0 Å². The number of piperazine rings is 1. The van der Waals surface area contributed by atoms with E-state index in [1.165, 1.54) is 26.2 Å². The minimum atomic E-state index is 0.403. The first-order valence-corrected chi connectivity index (χ1v) is 7.46. The molecule has 0 N–H and O–H groups in total. The lowest BCUT2D eigenvalue weighted by Crippen LogP contribution is -2.58. The number of rotatable bonds is 2. The molecule has 0 saturated carbocycles. The van der Waals surface area contributed by atoms with Crippen LogP contribution in [0.15, 0.2) is 0 Å². The molecule has 2 atom stereocenters. The fourth-order valence-electron chi connectivity index (χ4n) is 2.93. The summed E-state index contributed by atoms with van der Waals surface area (Å²) in [7, 11) is 0. The van der Waals surface area contributed by atoms with Crippen LogP contribution in [0.3, 0.4) is 0 Å². The van der Waals surface area contributed by atoms with Crippen LogP contribution in [0, 0.1) is 10.8 Å². The molecule has 0 aromatic heterocycles. The topological polar surface area (TPSA) is 6.48 Å². The second-order valence-electron chi connectivity index (χ2n) is 8.68. The maximum absolute atomic E-state index is 2.67. The molecule has 0 aromatic carbocycles. The van der Waals surface area contributed by atoms with Crippen molar-refractivity contribution in [2.75, 3.05) is 26.2 Å². The van der Waals surface area contributed by atoms with Crippen LogP contribution in [-0.2, 0) is 0 Å². The fourth-order valence-corrected chi connectivity index (χ4v) is 2.93. The van der Waals surface area contributed by atoms with E-state index in [1.54, 1.807) is 0 Å². The average molecular weight is 254 g/mol. The Morgan fingerprint density at radius 2 is 1.00 bits per heavy atom. The lowest BCUT2D eigenvalue weighted by molar-refractivity contribution is 0.00817. The molecule has 0 aliphatic carbocycles. The van der Waals surface area contributed by atoms with Crippen LogP contribution >= 0.6 is 0 Å². The zero-order chi connectivity index (χ0) is 14.1. The van der Waals surface area contributed by atoms with Gasteiger partial charge < -0.3 is 0 Å². The monoisotopic (exact) mass is 254 g/mol. The molecule has 0 radical (unpaired) electrons. The molecule has 2 nitrogen and oxygen atoms in total. The van der Waals surface area contributed by atoms with Crippen molar-refractivity contribution in [3.05, 3.63) is 0 Å². The summed E-state index contributed by atoms with van der Waals surface area (Å²) in [6.45, 7) is 23.7. The Hall–Kier alpha value is -0.0800. The predicted octanol–water partition coefficient (Wildman–Crippen LogP) is 3.47. The molecule has 1 aliphatic rings. The molecule has 18 heavy (non-hydrogen) atoms. The van der Waals surface area contributed by atoms with Crippen LogP contribution in [0.2, 0.25) is 0 Å². The smallest absolute Gasteiger partial charge is 0.0195 e. The molecular weight excluding hydrogens is 220 g/mol. The Morgan fingerprint density at radius 3 is 1.22 bits per heavy atom. The van der Waals surface area contributed by atoms with Gasteiger partial charge in [0.25, 0.3) is 0 Å². The predicted molar refractivity (Wildman–Crippen MR) is 81.0 cm³/mol. The second-order valence-corrected chi connectivity index (χ2v) is 8.68. The van der Waals surface area contributed by atoms with Crippen LogP contribution in [0.1, 0.15) is 55.4 Å². The molecule has 0 amide bonds. The largest absolute Gasteiger partial charge is 0.297 e. The van der Waals surface area contributed by atoms with Gasteiger partial charge in [0, 0.05) is 38.3 Å². The van der Waals surface area contributed by atoms with Gasteiger partial charge in [0.05, 0.1) is 0 Å². The third kappa shape index (κ3) is 5.27. The highest BCUT2D eigenvalue weighted by Crippen LogP contribution is 2.24. The van der Waals surface area contributed by atoms with Gasteiger partial charge in [-0.05, 0) is 24.7 Å². The summed E-state index contributed by atoms with van der Waals surface area (Å²) in [4.78, 5) is 5.34. The van der Waals surface area contributed by atoms with Gasteiger partial charge in [0.1, 0.15) is 0 Å². The average Bonchev–Trinajstić information content (AvgIpc) is 2.08. The normalized spacial score (nSPS) is 28.7. The molecule has 1 rings (SSSR count). The zero-order valence-electron chi connectivity index (χ0n) is 13.9. The van der Waals surface area contributed by atoms with E-state index in [9.17, 15) is 0 Å². The Bertz CT molecular complexity index is 231. The first kappa shape index (κ1) is 16.0. The van der Waals surface area contributed by atoms with E-state index >= 15 is 0 Å². The highest BCUT2D eigenvalue weighted by molar-refractivity contribution is 4.88. The molecule has 108 valence electrons. The Labute approximate surface area is 115 Å². The molecule has 0 spiro atoms. The van der Waals surface area contributed by atoms with Crippen molar-refractivity contribution in [2.45, 2.75) is 67.5 Å². The maximum Gasteiger partial charge on any atom is 0.0195 e. The second kappa shape index (κ2) is 5.50. The van der Waals surface area contributed by atoms with Crippen LogP contribution in [0.4, 0.5) is 0 Å². The van der Waals surface area contributed by atoms with Crippen molar-refractivity contribution in [1.82, 2.24) is 9.80 Å². The zero-order valence-corrected chi connectivity index (χ0v) is 13.9. The molecule has 1 saturated heterocycles. The number of nitrogens with zero attached hydrogens (tertiary/aromatic N) is 2.